The Morgan fingerprint density at radius 3 is 3.00 bits per heavy atom. The van der Waals surface area contributed by atoms with Gasteiger partial charge in [0.1, 0.15) is 4.88 Å². The first kappa shape index (κ1) is 11.9. The fraction of sp³-hybridized carbons (Fsp3) is 0.0909. The van der Waals surface area contributed by atoms with Gasteiger partial charge in [0.15, 0.2) is 5.13 Å². The zero-order valence-electron chi connectivity index (χ0n) is 9.01. The van der Waals surface area contributed by atoms with Crippen molar-refractivity contribution >= 4 is 39.9 Å². The Bertz CT molecular complexity index is 540. The molecule has 2 N–H and O–H groups in total. The van der Waals surface area contributed by atoms with Crippen molar-refractivity contribution in [2.75, 3.05) is 11.6 Å². The monoisotopic (exact) mass is 266 g/mol. The number of carbonyl (C=O) groups is 1. The molecule has 1 aromatic carbocycles. The number of anilines is 2. The van der Waals surface area contributed by atoms with Crippen molar-refractivity contribution in [1.82, 2.24) is 4.98 Å². The first-order valence-electron chi connectivity index (χ1n) is 4.79. The smallest absolute Gasteiger partial charge is 0.347 e. The summed E-state index contributed by atoms with van der Waals surface area (Å²) in [5.41, 5.74) is 0.906. The van der Waals surface area contributed by atoms with Crippen LogP contribution < -0.4 is 5.32 Å². The lowest BCUT2D eigenvalue weighted by molar-refractivity contribution is 0.0702. The van der Waals surface area contributed by atoms with Gasteiger partial charge >= 0.3 is 5.97 Å². The first-order valence-corrected chi connectivity index (χ1v) is 6.83. The summed E-state index contributed by atoms with van der Waals surface area (Å²) in [5.74, 6) is -0.951. The van der Waals surface area contributed by atoms with E-state index in [9.17, 15) is 4.79 Å². The molecule has 0 saturated carbocycles. The molecule has 0 bridgehead atoms. The number of thiazole rings is 1. The zero-order valence-corrected chi connectivity index (χ0v) is 10.6. The molecule has 1 aromatic heterocycles. The molecule has 0 amide bonds. The molecule has 88 valence electrons. The Morgan fingerprint density at radius 2 is 2.35 bits per heavy atom. The van der Waals surface area contributed by atoms with Crippen LogP contribution in [0, 0.1) is 0 Å². The molecular weight excluding hydrogens is 256 g/mol. The van der Waals surface area contributed by atoms with E-state index in [0.717, 1.165) is 21.9 Å². The van der Waals surface area contributed by atoms with Crippen molar-refractivity contribution in [1.29, 1.82) is 0 Å². The number of carboxylic acids is 1. The predicted octanol–water partition coefficient (Wildman–Crippen LogP) is 3.31. The third kappa shape index (κ3) is 2.98. The van der Waals surface area contributed by atoms with Crippen molar-refractivity contribution in [2.45, 2.75) is 4.90 Å². The second kappa shape index (κ2) is 5.20. The standard InChI is InChI=1S/C11H10N2O2S2/c1-16-8-4-2-3-7(5-8)13-11-12-6-9(17-11)10(14)15/h2-6H,1H3,(H,12,13)(H,14,15). The highest BCUT2D eigenvalue weighted by atomic mass is 32.2. The number of hydrogen-bond donors (Lipinski definition) is 2. The largest absolute Gasteiger partial charge is 0.477 e. The Morgan fingerprint density at radius 1 is 1.53 bits per heavy atom. The molecule has 0 aliphatic rings. The van der Waals surface area contributed by atoms with Crippen LogP contribution in [-0.4, -0.2) is 22.3 Å². The number of aromatic nitrogens is 1. The van der Waals surface area contributed by atoms with E-state index >= 15 is 0 Å². The summed E-state index contributed by atoms with van der Waals surface area (Å²) < 4.78 is 0. The van der Waals surface area contributed by atoms with Crippen molar-refractivity contribution in [3.05, 3.63) is 35.3 Å². The summed E-state index contributed by atoms with van der Waals surface area (Å²) in [5, 5.41) is 12.5. The topological polar surface area (TPSA) is 62.2 Å². The SMILES string of the molecule is CSc1cccc(Nc2ncc(C(=O)O)s2)c1. The van der Waals surface area contributed by atoms with E-state index in [0.29, 0.717) is 5.13 Å². The van der Waals surface area contributed by atoms with Crippen LogP contribution >= 0.6 is 23.1 Å². The molecule has 0 spiro atoms. The maximum absolute atomic E-state index is 10.7. The maximum atomic E-state index is 10.7. The van der Waals surface area contributed by atoms with E-state index in [1.807, 2.05) is 30.5 Å². The van der Waals surface area contributed by atoms with Crippen LogP contribution in [0.15, 0.2) is 35.4 Å². The molecule has 0 radical (unpaired) electrons. The molecule has 0 aliphatic carbocycles. The second-order valence-corrected chi connectivity index (χ2v) is 5.10. The van der Waals surface area contributed by atoms with E-state index in [1.165, 1.54) is 6.20 Å². The summed E-state index contributed by atoms with van der Waals surface area (Å²) in [6, 6.07) is 7.87. The van der Waals surface area contributed by atoms with Gasteiger partial charge in [-0.1, -0.05) is 17.4 Å². The fourth-order valence-electron chi connectivity index (χ4n) is 1.26. The third-order valence-electron chi connectivity index (χ3n) is 2.04. The molecule has 1 heterocycles. The minimum atomic E-state index is -0.951. The summed E-state index contributed by atoms with van der Waals surface area (Å²) in [6.45, 7) is 0. The van der Waals surface area contributed by atoms with E-state index in [2.05, 4.69) is 10.3 Å². The van der Waals surface area contributed by atoms with Crippen LogP contribution in [0.2, 0.25) is 0 Å². The molecule has 17 heavy (non-hydrogen) atoms. The van der Waals surface area contributed by atoms with Gasteiger partial charge in [-0.2, -0.15) is 0 Å². The van der Waals surface area contributed by atoms with Crippen LogP contribution in [0.4, 0.5) is 10.8 Å². The van der Waals surface area contributed by atoms with Crippen LogP contribution in [-0.2, 0) is 0 Å². The van der Waals surface area contributed by atoms with Crippen LogP contribution in [0.5, 0.6) is 0 Å². The normalized spacial score (nSPS) is 10.2. The molecule has 0 aliphatic heterocycles. The van der Waals surface area contributed by atoms with E-state index < -0.39 is 5.97 Å². The molecule has 6 heteroatoms. The minimum absolute atomic E-state index is 0.230. The van der Waals surface area contributed by atoms with Crippen LogP contribution in [0.1, 0.15) is 9.67 Å². The van der Waals surface area contributed by atoms with Crippen molar-refractivity contribution < 1.29 is 9.90 Å². The number of benzene rings is 1. The number of aromatic carboxylic acids is 1. The Labute approximate surface area is 107 Å². The van der Waals surface area contributed by atoms with Gasteiger partial charge < -0.3 is 10.4 Å². The predicted molar refractivity (Wildman–Crippen MR) is 70.6 cm³/mol. The summed E-state index contributed by atoms with van der Waals surface area (Å²) >= 11 is 2.77. The Balaban J connectivity index is 2.16. The van der Waals surface area contributed by atoms with E-state index in [1.54, 1.807) is 11.8 Å². The Kier molecular flexibility index (Phi) is 3.65. The number of nitrogens with zero attached hydrogens (tertiary/aromatic N) is 1. The highest BCUT2D eigenvalue weighted by molar-refractivity contribution is 7.98. The molecule has 4 nitrogen and oxygen atoms in total. The van der Waals surface area contributed by atoms with Gasteiger partial charge in [0.05, 0.1) is 6.20 Å². The van der Waals surface area contributed by atoms with Gasteiger partial charge in [-0.05, 0) is 24.5 Å². The average molecular weight is 266 g/mol. The highest BCUT2D eigenvalue weighted by Gasteiger charge is 2.08. The van der Waals surface area contributed by atoms with E-state index in [-0.39, 0.29) is 4.88 Å². The molecule has 0 saturated heterocycles. The number of nitrogens with one attached hydrogen (secondary N) is 1. The van der Waals surface area contributed by atoms with Crippen LogP contribution in [0.3, 0.4) is 0 Å². The number of carboxylic acid groups (broad SMARTS) is 1. The number of rotatable bonds is 4. The fourth-order valence-corrected chi connectivity index (χ4v) is 2.39. The zero-order chi connectivity index (χ0) is 12.3. The molecule has 0 unspecified atom stereocenters. The maximum Gasteiger partial charge on any atom is 0.347 e. The van der Waals surface area contributed by atoms with Gasteiger partial charge in [-0.25, -0.2) is 9.78 Å². The van der Waals surface area contributed by atoms with Gasteiger partial charge in [0.25, 0.3) is 0 Å². The van der Waals surface area contributed by atoms with Crippen molar-refractivity contribution in [3.8, 4) is 0 Å². The van der Waals surface area contributed by atoms with Crippen molar-refractivity contribution in [3.63, 3.8) is 0 Å². The minimum Gasteiger partial charge on any atom is -0.477 e. The second-order valence-electron chi connectivity index (χ2n) is 3.19. The lowest BCUT2D eigenvalue weighted by Crippen LogP contribution is -1.90. The van der Waals surface area contributed by atoms with Gasteiger partial charge in [-0.15, -0.1) is 11.8 Å². The quantitative estimate of drug-likeness (QED) is 0.831. The van der Waals surface area contributed by atoms with Crippen molar-refractivity contribution in [2.24, 2.45) is 0 Å². The summed E-state index contributed by atoms with van der Waals surface area (Å²) in [6.07, 6.45) is 3.36. The summed E-state index contributed by atoms with van der Waals surface area (Å²) in [7, 11) is 0. The van der Waals surface area contributed by atoms with Gasteiger partial charge in [0.2, 0.25) is 0 Å². The van der Waals surface area contributed by atoms with Gasteiger partial charge in [-0.3, -0.25) is 0 Å². The molecule has 2 rings (SSSR count). The Hall–Kier alpha value is -1.53. The van der Waals surface area contributed by atoms with E-state index in [4.69, 9.17) is 5.11 Å². The number of thioether (sulfide) groups is 1. The third-order valence-corrected chi connectivity index (χ3v) is 3.66. The average Bonchev–Trinajstić information content (AvgIpc) is 2.78. The summed E-state index contributed by atoms with van der Waals surface area (Å²) in [4.78, 5) is 16.1. The molecule has 0 atom stereocenters. The van der Waals surface area contributed by atoms with Crippen LogP contribution in [0.25, 0.3) is 0 Å². The molecular formula is C11H10N2O2S2. The lowest BCUT2D eigenvalue weighted by Gasteiger charge is -2.03. The number of hydrogen-bond acceptors (Lipinski definition) is 5. The molecule has 2 aromatic rings. The molecule has 0 fully saturated rings. The first-order chi connectivity index (χ1) is 8.19. The lowest BCUT2D eigenvalue weighted by atomic mass is 10.3. The highest BCUT2D eigenvalue weighted by Crippen LogP contribution is 2.25. The van der Waals surface area contributed by atoms with Gasteiger partial charge in [0, 0.05) is 10.6 Å².